The average molecular weight is 361 g/mol. The number of para-hydroxylation sites is 2. The van der Waals surface area contributed by atoms with E-state index in [1.54, 1.807) is 4.90 Å². The molecule has 1 aromatic heterocycles. The van der Waals surface area contributed by atoms with Crippen LogP contribution in [0.15, 0.2) is 24.3 Å². The Labute approximate surface area is 151 Å². The van der Waals surface area contributed by atoms with E-state index in [2.05, 4.69) is 4.98 Å². The first-order chi connectivity index (χ1) is 12.6. The fourth-order valence-electron chi connectivity index (χ4n) is 3.78. The van der Waals surface area contributed by atoms with Crippen molar-refractivity contribution in [2.24, 2.45) is 13.0 Å². The van der Waals surface area contributed by atoms with Gasteiger partial charge in [-0.1, -0.05) is 12.1 Å². The van der Waals surface area contributed by atoms with Crippen LogP contribution in [0.1, 0.15) is 18.7 Å². The molecule has 140 valence electrons. The number of likely N-dealkylation sites (tertiary alicyclic amines) is 1. The number of carbonyl (C=O) groups is 1. The molecule has 2 aliphatic rings. The maximum Gasteiger partial charge on any atom is 0.226 e. The number of amides is 1. The Kier molecular flexibility index (Phi) is 4.91. The third-order valence-corrected chi connectivity index (χ3v) is 5.39. The Bertz CT molecular complexity index is 787. The summed E-state index contributed by atoms with van der Waals surface area (Å²) in [6.07, 6.45) is -0.318. The van der Waals surface area contributed by atoms with Gasteiger partial charge in [0.15, 0.2) is 0 Å². The van der Waals surface area contributed by atoms with Crippen molar-refractivity contribution >= 4 is 16.9 Å². The standard InChI is InChI=1S/C19H24FN3O3/c1-22-16-5-3-2-4-15(16)21-18(22)12-26-17-11-23(10-14(17)20)19(24)13-6-8-25-9-7-13/h2-5,13-14,17H,6-12H2,1H3/t14-,17+/m1/s1. The van der Waals surface area contributed by atoms with Crippen LogP contribution in [0.3, 0.4) is 0 Å². The second-order valence-electron chi connectivity index (χ2n) is 7.07. The van der Waals surface area contributed by atoms with Crippen molar-refractivity contribution in [2.45, 2.75) is 31.7 Å². The predicted octanol–water partition coefficient (Wildman–Crippen LogP) is 2.07. The zero-order valence-corrected chi connectivity index (χ0v) is 14.9. The lowest BCUT2D eigenvalue weighted by atomic mass is 9.99. The zero-order chi connectivity index (χ0) is 18.1. The molecule has 2 saturated heterocycles. The van der Waals surface area contributed by atoms with Gasteiger partial charge in [-0.25, -0.2) is 9.37 Å². The van der Waals surface area contributed by atoms with Crippen LogP contribution in [-0.4, -0.2) is 58.9 Å². The second kappa shape index (κ2) is 7.32. The molecular formula is C19H24FN3O3. The van der Waals surface area contributed by atoms with Crippen LogP contribution in [0, 0.1) is 5.92 Å². The third kappa shape index (κ3) is 3.33. The van der Waals surface area contributed by atoms with Gasteiger partial charge in [-0.05, 0) is 25.0 Å². The molecule has 1 aromatic carbocycles. The van der Waals surface area contributed by atoms with Crippen LogP contribution < -0.4 is 0 Å². The summed E-state index contributed by atoms with van der Waals surface area (Å²) < 4.78 is 27.5. The van der Waals surface area contributed by atoms with Crippen LogP contribution in [0.5, 0.6) is 0 Å². The van der Waals surface area contributed by atoms with Gasteiger partial charge in [-0.3, -0.25) is 4.79 Å². The van der Waals surface area contributed by atoms with E-state index in [1.165, 1.54) is 0 Å². The first-order valence-electron chi connectivity index (χ1n) is 9.16. The first kappa shape index (κ1) is 17.4. The minimum absolute atomic E-state index is 0.0322. The maximum atomic E-state index is 14.4. The fourth-order valence-corrected chi connectivity index (χ4v) is 3.78. The van der Waals surface area contributed by atoms with Crippen molar-refractivity contribution in [3.8, 4) is 0 Å². The van der Waals surface area contributed by atoms with Crippen LogP contribution >= 0.6 is 0 Å². The molecule has 7 heteroatoms. The summed E-state index contributed by atoms with van der Waals surface area (Å²) >= 11 is 0. The Morgan fingerprint density at radius 1 is 1.31 bits per heavy atom. The van der Waals surface area contributed by atoms with Crippen LogP contribution in [0.4, 0.5) is 4.39 Å². The Morgan fingerprint density at radius 2 is 2.08 bits per heavy atom. The Morgan fingerprint density at radius 3 is 2.85 bits per heavy atom. The molecule has 3 heterocycles. The number of hydrogen-bond donors (Lipinski definition) is 0. The van der Waals surface area contributed by atoms with E-state index in [9.17, 15) is 9.18 Å². The molecule has 2 atom stereocenters. The van der Waals surface area contributed by atoms with Crippen LogP contribution in [0.2, 0.25) is 0 Å². The number of aromatic nitrogens is 2. The van der Waals surface area contributed by atoms with E-state index < -0.39 is 12.3 Å². The normalized spacial score (nSPS) is 24.5. The van der Waals surface area contributed by atoms with Gasteiger partial charge in [0.05, 0.1) is 17.6 Å². The van der Waals surface area contributed by atoms with Crippen molar-refractivity contribution in [1.29, 1.82) is 0 Å². The number of hydrogen-bond acceptors (Lipinski definition) is 4. The number of imidazole rings is 1. The highest BCUT2D eigenvalue weighted by atomic mass is 19.1. The van der Waals surface area contributed by atoms with Gasteiger partial charge in [0.25, 0.3) is 0 Å². The summed E-state index contributed by atoms with van der Waals surface area (Å²) in [5.41, 5.74) is 1.92. The number of nitrogens with zero attached hydrogens (tertiary/aromatic N) is 3. The number of alkyl halides is 1. The number of fused-ring (bicyclic) bond motifs is 1. The highest BCUT2D eigenvalue weighted by Crippen LogP contribution is 2.24. The molecule has 26 heavy (non-hydrogen) atoms. The predicted molar refractivity (Wildman–Crippen MR) is 94.3 cm³/mol. The minimum Gasteiger partial charge on any atom is -0.381 e. The molecule has 6 nitrogen and oxygen atoms in total. The van der Waals surface area contributed by atoms with Gasteiger partial charge in [-0.15, -0.1) is 0 Å². The Hall–Kier alpha value is -1.99. The summed E-state index contributed by atoms with van der Waals surface area (Å²) in [6.45, 7) is 1.87. The van der Waals surface area contributed by atoms with Gasteiger partial charge in [0, 0.05) is 32.7 Å². The lowest BCUT2D eigenvalue weighted by Crippen LogP contribution is -2.37. The number of ether oxygens (including phenoxy) is 2. The van der Waals surface area contributed by atoms with Crippen molar-refractivity contribution in [1.82, 2.24) is 14.5 Å². The lowest BCUT2D eigenvalue weighted by Gasteiger charge is -2.26. The first-order valence-corrected chi connectivity index (χ1v) is 9.16. The SMILES string of the molecule is Cn1c(CO[C@H]2CN(C(=O)C3CCOCC3)C[C@H]2F)nc2ccccc21. The molecule has 2 aromatic rings. The highest BCUT2D eigenvalue weighted by Gasteiger charge is 2.38. The molecule has 2 aliphatic heterocycles. The van der Waals surface area contributed by atoms with Gasteiger partial charge >= 0.3 is 0 Å². The maximum absolute atomic E-state index is 14.4. The monoisotopic (exact) mass is 361 g/mol. The number of halogens is 1. The van der Waals surface area contributed by atoms with Crippen molar-refractivity contribution < 1.29 is 18.7 Å². The zero-order valence-electron chi connectivity index (χ0n) is 14.9. The van der Waals surface area contributed by atoms with Crippen molar-refractivity contribution in [3.63, 3.8) is 0 Å². The summed E-state index contributed by atoms with van der Waals surface area (Å²) in [6, 6.07) is 7.84. The quantitative estimate of drug-likeness (QED) is 0.837. The lowest BCUT2D eigenvalue weighted by molar-refractivity contribution is -0.138. The summed E-state index contributed by atoms with van der Waals surface area (Å²) in [5.74, 6) is 0.743. The second-order valence-corrected chi connectivity index (χ2v) is 7.07. The number of benzene rings is 1. The smallest absolute Gasteiger partial charge is 0.226 e. The molecule has 4 rings (SSSR count). The molecule has 0 N–H and O–H groups in total. The third-order valence-electron chi connectivity index (χ3n) is 5.39. The fraction of sp³-hybridized carbons (Fsp3) is 0.579. The summed E-state index contributed by atoms with van der Waals surface area (Å²) in [4.78, 5) is 18.7. The topological polar surface area (TPSA) is 56.6 Å². The van der Waals surface area contributed by atoms with E-state index in [0.717, 1.165) is 29.7 Å². The summed E-state index contributed by atoms with van der Waals surface area (Å²) in [7, 11) is 1.93. The van der Waals surface area contributed by atoms with E-state index in [4.69, 9.17) is 9.47 Å². The molecule has 0 aliphatic carbocycles. The van der Waals surface area contributed by atoms with Gasteiger partial charge < -0.3 is 18.9 Å². The summed E-state index contributed by atoms with van der Waals surface area (Å²) in [5, 5.41) is 0. The minimum atomic E-state index is -1.16. The number of aryl methyl sites for hydroxylation is 1. The van der Waals surface area contributed by atoms with Gasteiger partial charge in [0.2, 0.25) is 5.91 Å². The largest absolute Gasteiger partial charge is 0.381 e. The van der Waals surface area contributed by atoms with Crippen molar-refractivity contribution in [3.05, 3.63) is 30.1 Å². The van der Waals surface area contributed by atoms with E-state index in [0.29, 0.717) is 19.8 Å². The van der Waals surface area contributed by atoms with E-state index >= 15 is 0 Å². The van der Waals surface area contributed by atoms with Crippen LogP contribution in [-0.2, 0) is 27.9 Å². The van der Waals surface area contributed by atoms with Gasteiger partial charge in [0.1, 0.15) is 24.7 Å². The van der Waals surface area contributed by atoms with E-state index in [-0.39, 0.29) is 25.0 Å². The molecule has 0 spiro atoms. The molecule has 0 unspecified atom stereocenters. The average Bonchev–Trinajstić information content (AvgIpc) is 3.20. The molecule has 2 fully saturated rings. The van der Waals surface area contributed by atoms with Gasteiger partial charge in [-0.2, -0.15) is 0 Å². The van der Waals surface area contributed by atoms with Crippen LogP contribution in [0.25, 0.3) is 11.0 Å². The molecule has 0 radical (unpaired) electrons. The number of carbonyl (C=O) groups excluding carboxylic acids is 1. The molecular weight excluding hydrogens is 337 g/mol. The highest BCUT2D eigenvalue weighted by molar-refractivity contribution is 5.79. The number of rotatable bonds is 4. The van der Waals surface area contributed by atoms with E-state index in [1.807, 2.05) is 35.9 Å². The molecule has 1 amide bonds. The molecule has 0 saturated carbocycles. The van der Waals surface area contributed by atoms with Crippen molar-refractivity contribution in [2.75, 3.05) is 26.3 Å². The molecule has 0 bridgehead atoms. The Balaban J connectivity index is 1.37.